The zero-order chi connectivity index (χ0) is 26.7. The number of nitrogens with one attached hydrogen (secondary N) is 1. The number of phenols is 1. The van der Waals surface area contributed by atoms with Crippen LogP contribution in [0, 0.1) is 5.92 Å². The van der Waals surface area contributed by atoms with Gasteiger partial charge in [-0.1, -0.05) is 32.9 Å². The Labute approximate surface area is 219 Å². The SMILES string of the molecule is COc1cc(O)c(-c2nnc(C(=O)NC(C)C)n2-c2ccc(CN3CCC(C)CC3)cc2)cc1C(C)C. The molecular formula is C29H39N5O3. The summed E-state index contributed by atoms with van der Waals surface area (Å²) in [6, 6.07) is 11.6. The summed E-state index contributed by atoms with van der Waals surface area (Å²) in [4.78, 5) is 15.6. The Balaban J connectivity index is 1.75. The highest BCUT2D eigenvalue weighted by atomic mass is 16.5. The first-order chi connectivity index (χ1) is 17.7. The molecule has 0 radical (unpaired) electrons. The number of likely N-dealkylation sites (tertiary alicyclic amines) is 1. The van der Waals surface area contributed by atoms with E-state index < -0.39 is 0 Å². The first-order valence-corrected chi connectivity index (χ1v) is 13.2. The average molecular weight is 506 g/mol. The predicted molar refractivity (Wildman–Crippen MR) is 145 cm³/mol. The number of rotatable bonds is 8. The molecule has 2 N–H and O–H groups in total. The molecular weight excluding hydrogens is 466 g/mol. The Kier molecular flexibility index (Phi) is 8.17. The third-order valence-corrected chi connectivity index (χ3v) is 6.97. The molecule has 8 nitrogen and oxygen atoms in total. The zero-order valence-electron chi connectivity index (χ0n) is 22.8. The molecule has 3 aromatic rings. The van der Waals surface area contributed by atoms with Gasteiger partial charge in [-0.3, -0.25) is 14.3 Å². The lowest BCUT2D eigenvalue weighted by Gasteiger charge is -2.30. The second-order valence-corrected chi connectivity index (χ2v) is 10.7. The van der Waals surface area contributed by atoms with Gasteiger partial charge in [-0.15, -0.1) is 10.2 Å². The van der Waals surface area contributed by atoms with Gasteiger partial charge in [0.1, 0.15) is 11.5 Å². The Morgan fingerprint density at radius 1 is 1.11 bits per heavy atom. The Morgan fingerprint density at radius 3 is 2.38 bits per heavy atom. The minimum atomic E-state index is -0.322. The van der Waals surface area contributed by atoms with E-state index >= 15 is 0 Å². The van der Waals surface area contributed by atoms with Crippen molar-refractivity contribution in [1.29, 1.82) is 0 Å². The van der Waals surface area contributed by atoms with Crippen LogP contribution in [-0.4, -0.2) is 56.9 Å². The van der Waals surface area contributed by atoms with Crippen LogP contribution in [0.2, 0.25) is 0 Å². The molecule has 1 saturated heterocycles. The molecule has 8 heteroatoms. The van der Waals surface area contributed by atoms with Gasteiger partial charge < -0.3 is 15.2 Å². The van der Waals surface area contributed by atoms with E-state index in [1.54, 1.807) is 17.7 Å². The maximum absolute atomic E-state index is 13.1. The number of aromatic nitrogens is 3. The molecule has 0 unspecified atom stereocenters. The van der Waals surface area contributed by atoms with Crippen molar-refractivity contribution in [3.05, 3.63) is 53.3 Å². The van der Waals surface area contributed by atoms with Gasteiger partial charge in [0.15, 0.2) is 5.82 Å². The number of methoxy groups -OCH3 is 1. The monoisotopic (exact) mass is 505 g/mol. The van der Waals surface area contributed by atoms with E-state index in [2.05, 4.69) is 53.3 Å². The molecule has 4 rings (SSSR count). The Hall–Kier alpha value is -3.39. The number of phenolic OH excluding ortho intramolecular Hbond substituents is 1. The third-order valence-electron chi connectivity index (χ3n) is 6.97. The van der Waals surface area contributed by atoms with Gasteiger partial charge in [0.05, 0.1) is 12.7 Å². The normalized spacial score (nSPS) is 14.9. The van der Waals surface area contributed by atoms with Gasteiger partial charge in [-0.05, 0) is 80.9 Å². The van der Waals surface area contributed by atoms with E-state index in [9.17, 15) is 9.90 Å². The first kappa shape index (κ1) is 26.7. The molecule has 0 saturated carbocycles. The molecule has 0 atom stereocenters. The minimum Gasteiger partial charge on any atom is -0.507 e. The van der Waals surface area contributed by atoms with Crippen molar-refractivity contribution in [2.45, 2.75) is 66.0 Å². The molecule has 1 aliphatic rings. The smallest absolute Gasteiger partial charge is 0.289 e. The van der Waals surface area contributed by atoms with Crippen LogP contribution in [0.1, 0.15) is 75.1 Å². The van der Waals surface area contributed by atoms with E-state index in [0.29, 0.717) is 17.1 Å². The molecule has 1 aromatic heterocycles. The number of carbonyl (C=O) groups excluding carboxylic acids is 1. The number of benzene rings is 2. The lowest BCUT2D eigenvalue weighted by atomic mass is 9.98. The van der Waals surface area contributed by atoms with E-state index in [4.69, 9.17) is 4.74 Å². The predicted octanol–water partition coefficient (Wildman–Crippen LogP) is 5.14. The maximum Gasteiger partial charge on any atom is 0.289 e. The highest BCUT2D eigenvalue weighted by Crippen LogP contribution is 2.38. The van der Waals surface area contributed by atoms with E-state index in [1.807, 2.05) is 32.0 Å². The van der Waals surface area contributed by atoms with Crippen LogP contribution in [0.3, 0.4) is 0 Å². The van der Waals surface area contributed by atoms with Crippen LogP contribution in [0.15, 0.2) is 36.4 Å². The standard InChI is InChI=1S/C29H39N5O3/c1-18(2)23-15-24(25(35)16-26(23)37-6)27-31-32-28(29(36)30-19(3)4)34(27)22-9-7-21(8-10-22)17-33-13-11-20(5)12-14-33/h7-10,15-16,18-20,35H,11-14,17H2,1-6H3,(H,30,36). The van der Waals surface area contributed by atoms with Crippen molar-refractivity contribution in [3.63, 3.8) is 0 Å². The van der Waals surface area contributed by atoms with Gasteiger partial charge in [0, 0.05) is 24.3 Å². The molecule has 0 aliphatic carbocycles. The van der Waals surface area contributed by atoms with Crippen LogP contribution < -0.4 is 10.1 Å². The van der Waals surface area contributed by atoms with Crippen molar-refractivity contribution < 1.29 is 14.6 Å². The van der Waals surface area contributed by atoms with Crippen LogP contribution in [0.5, 0.6) is 11.5 Å². The lowest BCUT2D eigenvalue weighted by molar-refractivity contribution is 0.0930. The summed E-state index contributed by atoms with van der Waals surface area (Å²) in [5.74, 6) is 1.82. The minimum absolute atomic E-state index is 0.0154. The summed E-state index contributed by atoms with van der Waals surface area (Å²) in [5, 5.41) is 22.5. The van der Waals surface area contributed by atoms with Gasteiger partial charge in [-0.2, -0.15) is 0 Å². The van der Waals surface area contributed by atoms with Crippen LogP contribution in [0.4, 0.5) is 0 Å². The Bertz CT molecular complexity index is 1230. The van der Waals surface area contributed by atoms with Crippen LogP contribution >= 0.6 is 0 Å². The van der Waals surface area contributed by atoms with Crippen molar-refractivity contribution in [2.24, 2.45) is 5.92 Å². The highest BCUT2D eigenvalue weighted by Gasteiger charge is 2.25. The molecule has 0 spiro atoms. The van der Waals surface area contributed by atoms with Crippen molar-refractivity contribution in [2.75, 3.05) is 20.2 Å². The van der Waals surface area contributed by atoms with Crippen molar-refractivity contribution in [3.8, 4) is 28.6 Å². The number of hydrogen-bond donors (Lipinski definition) is 2. The molecule has 1 fully saturated rings. The fourth-order valence-corrected chi connectivity index (χ4v) is 4.80. The van der Waals surface area contributed by atoms with Gasteiger partial charge >= 0.3 is 0 Å². The average Bonchev–Trinajstić information content (AvgIpc) is 3.30. The van der Waals surface area contributed by atoms with Crippen LogP contribution in [0.25, 0.3) is 17.1 Å². The molecule has 1 amide bonds. The molecule has 0 bridgehead atoms. The second-order valence-electron chi connectivity index (χ2n) is 10.7. The topological polar surface area (TPSA) is 92.5 Å². The number of amides is 1. The second kappa shape index (κ2) is 11.3. The van der Waals surface area contributed by atoms with E-state index in [1.165, 1.54) is 18.4 Å². The maximum atomic E-state index is 13.1. The summed E-state index contributed by atoms with van der Waals surface area (Å²) in [7, 11) is 1.59. The summed E-state index contributed by atoms with van der Waals surface area (Å²) in [5.41, 5.74) is 3.40. The number of piperidine rings is 1. The quantitative estimate of drug-likeness (QED) is 0.440. The first-order valence-electron chi connectivity index (χ1n) is 13.2. The summed E-state index contributed by atoms with van der Waals surface area (Å²) < 4.78 is 7.21. The molecule has 2 aromatic carbocycles. The molecule has 1 aliphatic heterocycles. The Morgan fingerprint density at radius 2 is 1.78 bits per heavy atom. The largest absolute Gasteiger partial charge is 0.507 e. The number of nitrogens with zero attached hydrogens (tertiary/aromatic N) is 4. The number of carbonyl (C=O) groups is 1. The van der Waals surface area contributed by atoms with Gasteiger partial charge in [0.25, 0.3) is 5.91 Å². The van der Waals surface area contributed by atoms with Crippen LogP contribution in [-0.2, 0) is 6.54 Å². The highest BCUT2D eigenvalue weighted by molar-refractivity contribution is 5.92. The number of aromatic hydroxyl groups is 1. The molecule has 37 heavy (non-hydrogen) atoms. The lowest BCUT2D eigenvalue weighted by Crippen LogP contribution is -2.32. The molecule has 198 valence electrons. The van der Waals surface area contributed by atoms with Crippen molar-refractivity contribution in [1.82, 2.24) is 25.0 Å². The number of ether oxygens (including phenoxy) is 1. The fraction of sp³-hybridized carbons (Fsp3) is 0.483. The van der Waals surface area contributed by atoms with E-state index in [0.717, 1.165) is 36.8 Å². The van der Waals surface area contributed by atoms with Crippen molar-refractivity contribution >= 4 is 5.91 Å². The summed E-state index contributed by atoms with van der Waals surface area (Å²) >= 11 is 0. The zero-order valence-corrected chi connectivity index (χ0v) is 22.8. The number of hydrogen-bond acceptors (Lipinski definition) is 6. The fourth-order valence-electron chi connectivity index (χ4n) is 4.80. The van der Waals surface area contributed by atoms with E-state index in [-0.39, 0.29) is 29.4 Å². The summed E-state index contributed by atoms with van der Waals surface area (Å²) in [6.45, 7) is 13.4. The van der Waals surface area contributed by atoms with Gasteiger partial charge in [0.2, 0.25) is 5.82 Å². The van der Waals surface area contributed by atoms with Gasteiger partial charge in [-0.25, -0.2) is 0 Å². The molecule has 2 heterocycles. The summed E-state index contributed by atoms with van der Waals surface area (Å²) in [6.07, 6.45) is 2.47. The third kappa shape index (κ3) is 5.96.